The van der Waals surface area contributed by atoms with Crippen molar-refractivity contribution in [1.82, 2.24) is 5.48 Å². The van der Waals surface area contributed by atoms with Gasteiger partial charge in [0.2, 0.25) is 5.91 Å². The van der Waals surface area contributed by atoms with Crippen LogP contribution >= 0.6 is 0 Å². The molecule has 0 spiro atoms. The fourth-order valence-electron chi connectivity index (χ4n) is 1.59. The molecule has 16 heavy (non-hydrogen) atoms. The number of benzene rings is 1. The molecule has 1 aromatic rings. The van der Waals surface area contributed by atoms with Crippen LogP contribution in [0.5, 0.6) is 0 Å². The van der Waals surface area contributed by atoms with Gasteiger partial charge < -0.3 is 0 Å². The fraction of sp³-hybridized carbons (Fsp3) is 0.462. The summed E-state index contributed by atoms with van der Waals surface area (Å²) in [6, 6.07) is 10.0. The largest absolute Gasteiger partial charge is 0.289 e. The molecule has 2 N–H and O–H groups in total. The molecule has 88 valence electrons. The third-order valence-electron chi connectivity index (χ3n) is 3.30. The molecule has 1 amide bonds. The number of carbonyl (C=O) groups is 1. The molecule has 1 rings (SSSR count). The molecule has 0 saturated carbocycles. The number of nitrogens with one attached hydrogen (secondary N) is 1. The van der Waals surface area contributed by atoms with Gasteiger partial charge in [0.05, 0.1) is 0 Å². The van der Waals surface area contributed by atoms with Crippen LogP contribution in [0.15, 0.2) is 30.3 Å². The molecule has 0 bridgehead atoms. The van der Waals surface area contributed by atoms with Crippen LogP contribution in [0.3, 0.4) is 0 Å². The lowest BCUT2D eigenvalue weighted by molar-refractivity contribution is -0.140. The van der Waals surface area contributed by atoms with E-state index in [0.29, 0.717) is 0 Å². The van der Waals surface area contributed by atoms with Crippen molar-refractivity contribution in [2.24, 2.45) is 11.3 Å². The van der Waals surface area contributed by atoms with Crippen LogP contribution in [0.4, 0.5) is 0 Å². The molecule has 0 radical (unpaired) electrons. The Morgan fingerprint density at radius 1 is 1.38 bits per heavy atom. The first-order valence-electron chi connectivity index (χ1n) is 5.47. The van der Waals surface area contributed by atoms with Crippen LogP contribution in [0.2, 0.25) is 0 Å². The summed E-state index contributed by atoms with van der Waals surface area (Å²) in [5.41, 5.74) is 2.36. The molecule has 0 fully saturated rings. The number of rotatable bonds is 4. The van der Waals surface area contributed by atoms with Gasteiger partial charge in [-0.25, -0.2) is 5.48 Å². The average molecular weight is 221 g/mol. The maximum absolute atomic E-state index is 11.5. The van der Waals surface area contributed by atoms with E-state index < -0.39 is 5.41 Å². The van der Waals surface area contributed by atoms with Crippen molar-refractivity contribution in [1.29, 1.82) is 0 Å². The number of carbonyl (C=O) groups excluding carboxylic acids is 1. The molecule has 0 aliphatic rings. The first-order valence-corrected chi connectivity index (χ1v) is 5.47. The highest BCUT2D eigenvalue weighted by atomic mass is 16.5. The summed E-state index contributed by atoms with van der Waals surface area (Å²) in [6.07, 6.45) is 0.821. The molecule has 0 aliphatic heterocycles. The van der Waals surface area contributed by atoms with E-state index in [1.165, 1.54) is 5.56 Å². The van der Waals surface area contributed by atoms with Gasteiger partial charge in [-0.15, -0.1) is 0 Å². The van der Waals surface area contributed by atoms with E-state index in [4.69, 9.17) is 5.21 Å². The van der Waals surface area contributed by atoms with Gasteiger partial charge in [-0.2, -0.15) is 0 Å². The third-order valence-corrected chi connectivity index (χ3v) is 3.30. The van der Waals surface area contributed by atoms with Crippen LogP contribution in [-0.2, 0) is 11.2 Å². The van der Waals surface area contributed by atoms with Gasteiger partial charge in [0.25, 0.3) is 0 Å². The van der Waals surface area contributed by atoms with Crippen LogP contribution in [0, 0.1) is 11.3 Å². The Hall–Kier alpha value is -1.35. The molecule has 1 unspecified atom stereocenters. The SMILES string of the molecule is CC(Cc1ccccc1)C(C)(C)C(=O)NO. The summed E-state index contributed by atoms with van der Waals surface area (Å²) in [5.74, 6) is -0.182. The van der Waals surface area contributed by atoms with Gasteiger partial charge in [0.1, 0.15) is 0 Å². The second kappa shape index (κ2) is 5.12. The van der Waals surface area contributed by atoms with Gasteiger partial charge in [-0.1, -0.05) is 51.1 Å². The van der Waals surface area contributed by atoms with E-state index in [9.17, 15) is 4.79 Å². The second-order valence-corrected chi connectivity index (χ2v) is 4.75. The van der Waals surface area contributed by atoms with Gasteiger partial charge in [-0.05, 0) is 17.9 Å². The lowest BCUT2D eigenvalue weighted by Gasteiger charge is -2.29. The Kier molecular flexibility index (Phi) is 4.07. The number of hydrogen-bond acceptors (Lipinski definition) is 2. The topological polar surface area (TPSA) is 49.3 Å². The minimum atomic E-state index is -0.579. The highest BCUT2D eigenvalue weighted by Gasteiger charge is 2.33. The zero-order valence-electron chi connectivity index (χ0n) is 10.0. The van der Waals surface area contributed by atoms with E-state index in [0.717, 1.165) is 6.42 Å². The van der Waals surface area contributed by atoms with E-state index >= 15 is 0 Å². The summed E-state index contributed by atoms with van der Waals surface area (Å²) in [4.78, 5) is 11.5. The predicted octanol–water partition coefficient (Wildman–Crippen LogP) is 2.40. The number of amides is 1. The molecule has 0 aromatic heterocycles. The van der Waals surface area contributed by atoms with E-state index in [2.05, 4.69) is 0 Å². The molecule has 3 nitrogen and oxygen atoms in total. The second-order valence-electron chi connectivity index (χ2n) is 4.75. The maximum Gasteiger partial charge on any atom is 0.249 e. The van der Waals surface area contributed by atoms with Gasteiger partial charge in [0, 0.05) is 5.41 Å². The maximum atomic E-state index is 11.5. The molecule has 1 atom stereocenters. The van der Waals surface area contributed by atoms with Crippen molar-refractivity contribution in [3.05, 3.63) is 35.9 Å². The first-order chi connectivity index (χ1) is 7.48. The monoisotopic (exact) mass is 221 g/mol. The van der Waals surface area contributed by atoms with Crippen LogP contribution in [0.25, 0.3) is 0 Å². The van der Waals surface area contributed by atoms with Crippen molar-refractivity contribution in [3.63, 3.8) is 0 Å². The Morgan fingerprint density at radius 2 is 1.94 bits per heavy atom. The zero-order chi connectivity index (χ0) is 12.2. The highest BCUT2D eigenvalue weighted by molar-refractivity contribution is 5.80. The van der Waals surface area contributed by atoms with Crippen LogP contribution in [0.1, 0.15) is 26.3 Å². The van der Waals surface area contributed by atoms with Crippen molar-refractivity contribution in [2.45, 2.75) is 27.2 Å². The summed E-state index contributed by atoms with van der Waals surface area (Å²) in [7, 11) is 0. The Bertz CT molecular complexity index is 346. The molecule has 0 saturated heterocycles. The fourth-order valence-corrected chi connectivity index (χ4v) is 1.59. The first kappa shape index (κ1) is 12.7. The standard InChI is InChI=1S/C13H19NO2/c1-10(13(2,3)12(15)14-16)9-11-7-5-4-6-8-11/h4-8,10,16H,9H2,1-3H3,(H,14,15). The molecule has 0 aliphatic carbocycles. The quantitative estimate of drug-likeness (QED) is 0.606. The van der Waals surface area contributed by atoms with Crippen LogP contribution in [-0.4, -0.2) is 11.1 Å². The van der Waals surface area contributed by atoms with E-state index in [-0.39, 0.29) is 11.8 Å². The summed E-state index contributed by atoms with van der Waals surface area (Å²) in [5, 5.41) is 8.69. The van der Waals surface area contributed by atoms with Gasteiger partial charge >= 0.3 is 0 Å². The van der Waals surface area contributed by atoms with Gasteiger partial charge in [0.15, 0.2) is 0 Å². The molecule has 0 heterocycles. The van der Waals surface area contributed by atoms with Crippen LogP contribution < -0.4 is 5.48 Å². The smallest absolute Gasteiger partial charge is 0.249 e. The van der Waals surface area contributed by atoms with Crippen molar-refractivity contribution >= 4 is 5.91 Å². The minimum absolute atomic E-state index is 0.155. The Morgan fingerprint density at radius 3 is 2.44 bits per heavy atom. The lowest BCUT2D eigenvalue weighted by atomic mass is 9.76. The van der Waals surface area contributed by atoms with Crippen molar-refractivity contribution in [2.75, 3.05) is 0 Å². The number of hydrogen-bond donors (Lipinski definition) is 2. The molecule has 3 heteroatoms. The lowest BCUT2D eigenvalue weighted by Crippen LogP contribution is -2.40. The molecule has 1 aromatic carbocycles. The van der Waals surface area contributed by atoms with Crippen molar-refractivity contribution < 1.29 is 10.0 Å². The third kappa shape index (κ3) is 2.83. The predicted molar refractivity (Wildman–Crippen MR) is 63.0 cm³/mol. The Labute approximate surface area is 96.4 Å². The van der Waals surface area contributed by atoms with Crippen molar-refractivity contribution in [3.8, 4) is 0 Å². The summed E-state index contributed by atoms with van der Waals surface area (Å²) in [6.45, 7) is 5.69. The summed E-state index contributed by atoms with van der Waals surface area (Å²) >= 11 is 0. The van der Waals surface area contributed by atoms with E-state index in [1.54, 1.807) is 5.48 Å². The highest BCUT2D eigenvalue weighted by Crippen LogP contribution is 2.29. The average Bonchev–Trinajstić information content (AvgIpc) is 2.29. The normalized spacial score (nSPS) is 13.2. The summed E-state index contributed by atoms with van der Waals surface area (Å²) < 4.78 is 0. The molecular formula is C13H19NO2. The minimum Gasteiger partial charge on any atom is -0.289 e. The Balaban J connectivity index is 2.72. The number of hydroxylamine groups is 1. The van der Waals surface area contributed by atoms with Gasteiger partial charge in [-0.3, -0.25) is 10.0 Å². The molecular weight excluding hydrogens is 202 g/mol. The van der Waals surface area contributed by atoms with E-state index in [1.807, 2.05) is 51.1 Å². The zero-order valence-corrected chi connectivity index (χ0v) is 10.0.